The van der Waals surface area contributed by atoms with E-state index in [-0.39, 0.29) is 6.42 Å². The summed E-state index contributed by atoms with van der Waals surface area (Å²) in [6, 6.07) is 0.0623. The van der Waals surface area contributed by atoms with Crippen molar-refractivity contribution in [3.8, 4) is 0 Å². The number of aromatic nitrogens is 2. The Morgan fingerprint density at radius 2 is 2.33 bits per heavy atom. The quantitative estimate of drug-likeness (QED) is 0.669. The average molecular weight is 210 g/mol. The minimum Gasteiger partial charge on any atom is -0.480 e. The first-order chi connectivity index (χ1) is 7.06. The third-order valence-corrected chi connectivity index (χ3v) is 1.86. The van der Waals surface area contributed by atoms with Gasteiger partial charge in [0.2, 0.25) is 0 Å². The van der Waals surface area contributed by atoms with Crippen LogP contribution in [0.2, 0.25) is 0 Å². The number of hydrogen-bond donors (Lipinski definition) is 2. The summed E-state index contributed by atoms with van der Waals surface area (Å²) in [4.78, 5) is 34.8. The molecule has 0 fully saturated rings. The van der Waals surface area contributed by atoms with Crippen LogP contribution in [-0.4, -0.2) is 20.6 Å². The van der Waals surface area contributed by atoms with Crippen LogP contribution in [0.1, 0.15) is 12.5 Å². The average Bonchev–Trinajstić information content (AvgIpc) is 2.15. The summed E-state index contributed by atoms with van der Waals surface area (Å²) in [6.07, 6.45) is 2.67. The highest BCUT2D eigenvalue weighted by molar-refractivity contribution is 5.72. The van der Waals surface area contributed by atoms with E-state index in [0.29, 0.717) is 0 Å². The number of allylic oxidation sites excluding steroid dienone is 1. The first-order valence-electron chi connectivity index (χ1n) is 4.21. The van der Waals surface area contributed by atoms with E-state index in [4.69, 9.17) is 5.11 Å². The Morgan fingerprint density at radius 3 is 2.80 bits per heavy atom. The lowest BCUT2D eigenvalue weighted by Gasteiger charge is -2.12. The highest BCUT2D eigenvalue weighted by Gasteiger charge is 2.18. The predicted molar refractivity (Wildman–Crippen MR) is 52.8 cm³/mol. The van der Waals surface area contributed by atoms with E-state index in [9.17, 15) is 14.4 Å². The Bertz CT molecular complexity index is 485. The Labute approximate surface area is 84.5 Å². The molecule has 6 heteroatoms. The summed E-state index contributed by atoms with van der Waals surface area (Å²) in [7, 11) is 0. The molecule has 2 N–H and O–H groups in total. The molecule has 0 amide bonds. The second-order valence-corrected chi connectivity index (χ2v) is 2.90. The maximum absolute atomic E-state index is 11.3. The van der Waals surface area contributed by atoms with Crippen LogP contribution in [0.15, 0.2) is 34.5 Å². The SMILES string of the molecule is C=CCC(C(=O)O)n1ccc(=O)[nH]c1=O. The molecule has 1 unspecified atom stereocenters. The van der Waals surface area contributed by atoms with Gasteiger partial charge < -0.3 is 5.11 Å². The van der Waals surface area contributed by atoms with E-state index in [1.807, 2.05) is 4.98 Å². The molecule has 1 aromatic heterocycles. The predicted octanol–water partition coefficient (Wildman–Crippen LogP) is -0.262. The van der Waals surface area contributed by atoms with Crippen molar-refractivity contribution in [2.45, 2.75) is 12.5 Å². The summed E-state index contributed by atoms with van der Waals surface area (Å²) in [6.45, 7) is 3.40. The number of carbonyl (C=O) groups is 1. The molecule has 0 saturated carbocycles. The third-order valence-electron chi connectivity index (χ3n) is 1.86. The molecule has 1 rings (SSSR count). The number of hydrogen-bond acceptors (Lipinski definition) is 3. The van der Waals surface area contributed by atoms with Gasteiger partial charge in [-0.25, -0.2) is 9.59 Å². The lowest BCUT2D eigenvalue weighted by molar-refractivity contribution is -0.140. The maximum atomic E-state index is 11.3. The van der Waals surface area contributed by atoms with Crippen LogP contribution < -0.4 is 11.2 Å². The van der Waals surface area contributed by atoms with Crippen molar-refractivity contribution in [2.24, 2.45) is 0 Å². The molecule has 1 atom stereocenters. The number of H-pyrrole nitrogens is 1. The molecule has 1 heterocycles. The molecule has 0 radical (unpaired) electrons. The van der Waals surface area contributed by atoms with Gasteiger partial charge in [0, 0.05) is 12.3 Å². The molecule has 0 aromatic carbocycles. The lowest BCUT2D eigenvalue weighted by atomic mass is 10.2. The Hall–Kier alpha value is -2.11. The van der Waals surface area contributed by atoms with Crippen LogP contribution in [0.4, 0.5) is 0 Å². The number of carboxylic acids is 1. The minimum atomic E-state index is -1.15. The maximum Gasteiger partial charge on any atom is 0.329 e. The molecule has 0 bridgehead atoms. The number of aliphatic carboxylic acids is 1. The van der Waals surface area contributed by atoms with Gasteiger partial charge in [-0.05, 0) is 6.42 Å². The van der Waals surface area contributed by atoms with Crippen molar-refractivity contribution in [3.63, 3.8) is 0 Å². The molecule has 6 nitrogen and oxygen atoms in total. The zero-order valence-corrected chi connectivity index (χ0v) is 7.84. The van der Waals surface area contributed by atoms with E-state index in [1.54, 1.807) is 0 Å². The summed E-state index contributed by atoms with van der Waals surface area (Å²) in [5, 5.41) is 8.85. The van der Waals surface area contributed by atoms with E-state index >= 15 is 0 Å². The fraction of sp³-hybridized carbons (Fsp3) is 0.222. The van der Waals surface area contributed by atoms with Gasteiger partial charge in [-0.15, -0.1) is 6.58 Å². The molecule has 0 saturated heterocycles. The van der Waals surface area contributed by atoms with Crippen LogP contribution in [0.25, 0.3) is 0 Å². The number of nitrogens with one attached hydrogen (secondary N) is 1. The summed E-state index contributed by atoms with van der Waals surface area (Å²) in [5.41, 5.74) is -1.30. The van der Waals surface area contributed by atoms with E-state index in [1.165, 1.54) is 6.08 Å². The first kappa shape index (κ1) is 11.0. The monoisotopic (exact) mass is 210 g/mol. The number of aromatic amines is 1. The van der Waals surface area contributed by atoms with Gasteiger partial charge in [-0.1, -0.05) is 6.08 Å². The zero-order valence-electron chi connectivity index (χ0n) is 7.84. The molecular weight excluding hydrogens is 200 g/mol. The van der Waals surface area contributed by atoms with Crippen LogP contribution in [0, 0.1) is 0 Å². The van der Waals surface area contributed by atoms with Crippen molar-refractivity contribution < 1.29 is 9.90 Å². The fourth-order valence-electron chi connectivity index (χ4n) is 1.16. The molecule has 0 aliphatic rings. The van der Waals surface area contributed by atoms with Gasteiger partial charge in [0.15, 0.2) is 0 Å². The topological polar surface area (TPSA) is 92.2 Å². The van der Waals surface area contributed by atoms with E-state index in [2.05, 4.69) is 6.58 Å². The highest BCUT2D eigenvalue weighted by Crippen LogP contribution is 2.08. The number of rotatable bonds is 4. The molecule has 0 aliphatic carbocycles. The van der Waals surface area contributed by atoms with Crippen LogP contribution >= 0.6 is 0 Å². The molecule has 15 heavy (non-hydrogen) atoms. The molecule has 80 valence electrons. The van der Waals surface area contributed by atoms with Crippen LogP contribution in [0.3, 0.4) is 0 Å². The van der Waals surface area contributed by atoms with E-state index < -0.39 is 23.3 Å². The van der Waals surface area contributed by atoms with Gasteiger partial charge >= 0.3 is 11.7 Å². The number of carboxylic acid groups (broad SMARTS) is 1. The van der Waals surface area contributed by atoms with Gasteiger partial charge in [0.05, 0.1) is 0 Å². The van der Waals surface area contributed by atoms with Gasteiger partial charge in [0.1, 0.15) is 6.04 Å². The Balaban J connectivity index is 3.22. The van der Waals surface area contributed by atoms with Crippen LogP contribution in [-0.2, 0) is 4.79 Å². The largest absolute Gasteiger partial charge is 0.480 e. The molecule has 0 spiro atoms. The summed E-state index contributed by atoms with van der Waals surface area (Å²) < 4.78 is 0.950. The zero-order chi connectivity index (χ0) is 11.4. The van der Waals surface area contributed by atoms with Gasteiger partial charge in [0.25, 0.3) is 5.56 Å². The van der Waals surface area contributed by atoms with Crippen molar-refractivity contribution >= 4 is 5.97 Å². The first-order valence-corrected chi connectivity index (χ1v) is 4.21. The van der Waals surface area contributed by atoms with Crippen molar-refractivity contribution in [1.82, 2.24) is 9.55 Å². The molecule has 0 aliphatic heterocycles. The van der Waals surface area contributed by atoms with Gasteiger partial charge in [-0.2, -0.15) is 0 Å². The molecule has 1 aromatic rings. The van der Waals surface area contributed by atoms with Crippen LogP contribution in [0.5, 0.6) is 0 Å². The fourth-order valence-corrected chi connectivity index (χ4v) is 1.16. The van der Waals surface area contributed by atoms with E-state index in [0.717, 1.165) is 16.8 Å². The lowest BCUT2D eigenvalue weighted by Crippen LogP contribution is -2.34. The Kier molecular flexibility index (Phi) is 3.22. The standard InChI is InChI=1S/C9H10N2O4/c1-2-3-6(8(13)14)11-5-4-7(12)10-9(11)15/h2,4-6H,1,3H2,(H,13,14)(H,10,12,15). The number of nitrogens with zero attached hydrogens (tertiary/aromatic N) is 1. The molecular formula is C9H10N2O4. The van der Waals surface area contributed by atoms with Crippen molar-refractivity contribution in [2.75, 3.05) is 0 Å². The third kappa shape index (κ3) is 2.43. The van der Waals surface area contributed by atoms with Crippen molar-refractivity contribution in [1.29, 1.82) is 0 Å². The minimum absolute atomic E-state index is 0.112. The van der Waals surface area contributed by atoms with Crippen molar-refractivity contribution in [3.05, 3.63) is 45.8 Å². The Morgan fingerprint density at radius 1 is 1.67 bits per heavy atom. The second-order valence-electron chi connectivity index (χ2n) is 2.90. The highest BCUT2D eigenvalue weighted by atomic mass is 16.4. The summed E-state index contributed by atoms with van der Waals surface area (Å²) >= 11 is 0. The smallest absolute Gasteiger partial charge is 0.329 e. The summed E-state index contributed by atoms with van der Waals surface area (Å²) in [5.74, 6) is -1.15. The second kappa shape index (κ2) is 4.41. The normalized spacial score (nSPS) is 12.0. The van der Waals surface area contributed by atoms with Gasteiger partial charge in [-0.3, -0.25) is 14.3 Å².